The third-order valence-electron chi connectivity index (χ3n) is 4.62. The summed E-state index contributed by atoms with van der Waals surface area (Å²) in [7, 11) is 1.64. The number of amides is 1. The van der Waals surface area contributed by atoms with Crippen LogP contribution in [0.5, 0.6) is 5.75 Å². The smallest absolute Gasteiger partial charge is 0.226 e. The van der Waals surface area contributed by atoms with Crippen molar-refractivity contribution in [2.45, 2.75) is 17.2 Å². The molecule has 0 radical (unpaired) electrons. The highest BCUT2D eigenvalue weighted by Crippen LogP contribution is 2.38. The van der Waals surface area contributed by atoms with Crippen molar-refractivity contribution in [1.29, 1.82) is 0 Å². The number of thioether (sulfide) groups is 1. The average molecular weight is 365 g/mol. The largest absolute Gasteiger partial charge is 0.497 e. The van der Waals surface area contributed by atoms with Gasteiger partial charge in [0.25, 0.3) is 0 Å². The van der Waals surface area contributed by atoms with E-state index in [-0.39, 0.29) is 11.8 Å². The zero-order chi connectivity index (χ0) is 18.1. The number of fused-ring (bicyclic) bond motifs is 1. The fourth-order valence-electron chi connectivity index (χ4n) is 3.27. The molecule has 1 aliphatic heterocycles. The number of anilines is 1. The zero-order valence-electron chi connectivity index (χ0n) is 14.6. The van der Waals surface area contributed by atoms with Gasteiger partial charge in [-0.1, -0.05) is 18.2 Å². The van der Waals surface area contributed by atoms with Crippen LogP contribution in [0, 0.1) is 0 Å². The van der Waals surface area contributed by atoms with Crippen LogP contribution in [-0.2, 0) is 4.79 Å². The Bertz CT molecular complexity index is 950. The Morgan fingerprint density at radius 2 is 2.04 bits per heavy atom. The number of nitrogens with zero attached hydrogens (tertiary/aromatic N) is 2. The molecule has 26 heavy (non-hydrogen) atoms. The van der Waals surface area contributed by atoms with E-state index >= 15 is 0 Å². The van der Waals surface area contributed by atoms with Gasteiger partial charge < -0.3 is 10.1 Å². The number of ether oxygens (including phenoxy) is 1. The van der Waals surface area contributed by atoms with E-state index in [0.717, 1.165) is 28.5 Å². The first-order chi connectivity index (χ1) is 12.7. The Kier molecular flexibility index (Phi) is 4.42. The van der Waals surface area contributed by atoms with Crippen LogP contribution >= 0.6 is 11.8 Å². The molecule has 1 atom stereocenters. The van der Waals surface area contributed by atoms with Gasteiger partial charge in [-0.25, -0.2) is 4.98 Å². The van der Waals surface area contributed by atoms with Crippen molar-refractivity contribution < 1.29 is 9.53 Å². The van der Waals surface area contributed by atoms with Crippen LogP contribution in [-0.4, -0.2) is 28.8 Å². The predicted octanol–water partition coefficient (Wildman–Crippen LogP) is 4.08. The summed E-state index contributed by atoms with van der Waals surface area (Å²) in [6.07, 6.45) is 4.21. The molecule has 0 aliphatic carbocycles. The minimum Gasteiger partial charge on any atom is -0.497 e. The Morgan fingerprint density at radius 3 is 2.77 bits per heavy atom. The standard InChI is InChI=1S/C20H19N3O2S/c1-25-15-5-3-4-14(10-15)23-12-21-19-17(11-18(24)22-20(19)23)13-6-8-16(26-2)9-7-13/h3-10,12,17H,11H2,1-2H3,(H,22,24)/t17-/m0/s1. The number of rotatable bonds is 4. The van der Waals surface area contributed by atoms with Gasteiger partial charge in [0, 0.05) is 23.3 Å². The number of carbonyl (C=O) groups excluding carboxylic acids is 1. The van der Waals surface area contributed by atoms with Crippen LogP contribution in [0.4, 0.5) is 5.82 Å². The summed E-state index contributed by atoms with van der Waals surface area (Å²) < 4.78 is 7.21. The lowest BCUT2D eigenvalue weighted by Gasteiger charge is -2.23. The number of imidazole rings is 1. The summed E-state index contributed by atoms with van der Waals surface area (Å²) in [4.78, 5) is 18.2. The molecule has 2 heterocycles. The molecule has 3 aromatic rings. The Hall–Kier alpha value is -2.73. The third kappa shape index (κ3) is 2.97. The first-order valence-corrected chi connectivity index (χ1v) is 9.57. The molecule has 0 fully saturated rings. The van der Waals surface area contributed by atoms with E-state index in [4.69, 9.17) is 4.74 Å². The number of nitrogens with one attached hydrogen (secondary N) is 1. The van der Waals surface area contributed by atoms with Crippen molar-refractivity contribution in [2.75, 3.05) is 18.7 Å². The second-order valence-corrected chi connectivity index (χ2v) is 7.01. The monoisotopic (exact) mass is 365 g/mol. The van der Waals surface area contributed by atoms with Gasteiger partial charge in [0.05, 0.1) is 18.5 Å². The molecule has 0 saturated carbocycles. The lowest BCUT2D eigenvalue weighted by atomic mass is 9.90. The predicted molar refractivity (Wildman–Crippen MR) is 103 cm³/mol. The SMILES string of the molecule is COc1cccc(-n2cnc3c2NC(=O)C[C@H]3c2ccc(SC)cc2)c1. The molecule has 0 bridgehead atoms. The van der Waals surface area contributed by atoms with E-state index in [9.17, 15) is 4.79 Å². The highest BCUT2D eigenvalue weighted by molar-refractivity contribution is 7.98. The van der Waals surface area contributed by atoms with Crippen molar-refractivity contribution in [1.82, 2.24) is 9.55 Å². The molecule has 1 aliphatic rings. The van der Waals surface area contributed by atoms with E-state index in [1.807, 2.05) is 28.8 Å². The lowest BCUT2D eigenvalue weighted by Crippen LogP contribution is -2.24. The minimum absolute atomic E-state index is 0.00101. The van der Waals surface area contributed by atoms with Crippen molar-refractivity contribution >= 4 is 23.5 Å². The van der Waals surface area contributed by atoms with Crippen LogP contribution in [0.2, 0.25) is 0 Å². The molecular formula is C20H19N3O2S. The maximum atomic E-state index is 12.4. The molecule has 0 unspecified atom stereocenters. The highest BCUT2D eigenvalue weighted by atomic mass is 32.2. The van der Waals surface area contributed by atoms with Crippen molar-refractivity contribution in [3.63, 3.8) is 0 Å². The quantitative estimate of drug-likeness (QED) is 0.708. The number of hydrogen-bond acceptors (Lipinski definition) is 4. The first-order valence-electron chi connectivity index (χ1n) is 8.35. The van der Waals surface area contributed by atoms with Crippen molar-refractivity contribution in [2.24, 2.45) is 0 Å². The summed E-state index contributed by atoms with van der Waals surface area (Å²) in [5, 5.41) is 2.98. The summed E-state index contributed by atoms with van der Waals surface area (Å²) in [6.45, 7) is 0. The average Bonchev–Trinajstić information content (AvgIpc) is 3.11. The van der Waals surface area contributed by atoms with Gasteiger partial charge >= 0.3 is 0 Å². The minimum atomic E-state index is -0.0403. The van der Waals surface area contributed by atoms with Crippen LogP contribution in [0.1, 0.15) is 23.6 Å². The molecular weight excluding hydrogens is 346 g/mol. The van der Waals surface area contributed by atoms with Crippen LogP contribution in [0.25, 0.3) is 5.69 Å². The Labute approximate surface area is 156 Å². The summed E-state index contributed by atoms with van der Waals surface area (Å²) in [5.74, 6) is 1.45. The number of hydrogen-bond donors (Lipinski definition) is 1. The van der Waals surface area contributed by atoms with Gasteiger partial charge in [-0.3, -0.25) is 9.36 Å². The van der Waals surface area contributed by atoms with Crippen LogP contribution < -0.4 is 10.1 Å². The van der Waals surface area contributed by atoms with Crippen molar-refractivity contribution in [3.8, 4) is 11.4 Å². The van der Waals surface area contributed by atoms with Gasteiger partial charge in [0.1, 0.15) is 17.9 Å². The molecule has 6 heteroatoms. The van der Waals surface area contributed by atoms with Crippen molar-refractivity contribution in [3.05, 3.63) is 66.1 Å². The molecule has 5 nitrogen and oxygen atoms in total. The summed E-state index contributed by atoms with van der Waals surface area (Å²) in [5.41, 5.74) is 2.90. The molecule has 1 N–H and O–H groups in total. The van der Waals surface area contributed by atoms with E-state index < -0.39 is 0 Å². The van der Waals surface area contributed by atoms with Gasteiger partial charge in [0.15, 0.2) is 0 Å². The van der Waals surface area contributed by atoms with E-state index in [1.54, 1.807) is 25.2 Å². The maximum absolute atomic E-state index is 12.4. The van der Waals surface area contributed by atoms with E-state index in [0.29, 0.717) is 6.42 Å². The molecule has 0 spiro atoms. The molecule has 1 amide bonds. The van der Waals surface area contributed by atoms with Crippen LogP contribution in [0.3, 0.4) is 0 Å². The fourth-order valence-corrected chi connectivity index (χ4v) is 3.68. The normalized spacial score (nSPS) is 16.1. The maximum Gasteiger partial charge on any atom is 0.226 e. The lowest BCUT2D eigenvalue weighted by molar-refractivity contribution is -0.116. The Morgan fingerprint density at radius 1 is 1.23 bits per heavy atom. The second kappa shape index (κ2) is 6.88. The third-order valence-corrected chi connectivity index (χ3v) is 5.37. The molecule has 2 aromatic carbocycles. The van der Waals surface area contributed by atoms with Gasteiger partial charge in [0.2, 0.25) is 5.91 Å². The first kappa shape index (κ1) is 16.7. The molecule has 4 rings (SSSR count). The molecule has 1 aromatic heterocycles. The highest BCUT2D eigenvalue weighted by Gasteiger charge is 2.31. The summed E-state index contributed by atoms with van der Waals surface area (Å²) >= 11 is 1.70. The zero-order valence-corrected chi connectivity index (χ0v) is 15.4. The topological polar surface area (TPSA) is 56.1 Å². The Balaban J connectivity index is 1.76. The second-order valence-electron chi connectivity index (χ2n) is 6.13. The van der Waals surface area contributed by atoms with Gasteiger partial charge in [-0.05, 0) is 36.1 Å². The van der Waals surface area contributed by atoms with E-state index in [2.05, 4.69) is 40.8 Å². The van der Waals surface area contributed by atoms with E-state index in [1.165, 1.54) is 4.90 Å². The number of benzene rings is 2. The molecule has 0 saturated heterocycles. The number of aromatic nitrogens is 2. The summed E-state index contributed by atoms with van der Waals surface area (Å²) in [6, 6.07) is 16.0. The molecule has 132 valence electrons. The van der Waals surface area contributed by atoms with Crippen LogP contribution in [0.15, 0.2) is 59.8 Å². The number of carbonyl (C=O) groups is 1. The van der Waals surface area contributed by atoms with Gasteiger partial charge in [-0.2, -0.15) is 0 Å². The number of methoxy groups -OCH3 is 1. The van der Waals surface area contributed by atoms with Gasteiger partial charge in [-0.15, -0.1) is 11.8 Å². The fraction of sp³-hybridized carbons (Fsp3) is 0.200.